The lowest BCUT2D eigenvalue weighted by Crippen LogP contribution is -1.71. The van der Waals surface area contributed by atoms with Gasteiger partial charge in [-0.25, -0.2) is 9.05 Å². The summed E-state index contributed by atoms with van der Waals surface area (Å²) in [6.07, 6.45) is 7.35. The Balaban J connectivity index is 2.34. The normalized spacial score (nSPS) is 11.6. The minimum atomic E-state index is -2.16. The highest BCUT2D eigenvalue weighted by atomic mass is 31.1. The fourth-order valence-corrected chi connectivity index (χ4v) is 1.27. The summed E-state index contributed by atoms with van der Waals surface area (Å²) in [6, 6.07) is 9.55. The average molecular weight is 235 g/mol. The molecule has 0 aliphatic rings. The number of hydrogen-bond acceptors (Lipinski definition) is 3. The Morgan fingerprint density at radius 3 is 2.50 bits per heavy atom. The Labute approximate surface area is 95.7 Å². The molecule has 0 aromatic heterocycles. The van der Waals surface area contributed by atoms with Crippen LogP contribution in [0.15, 0.2) is 61.6 Å². The molecule has 0 radical (unpaired) electrons. The third-order valence-corrected chi connectivity index (χ3v) is 2.16. The van der Waals surface area contributed by atoms with E-state index in [0.29, 0.717) is 0 Å². The van der Waals surface area contributed by atoms with Crippen LogP contribution in [0, 0.1) is 0 Å². The zero-order chi connectivity index (χ0) is 11.6. The molecule has 0 saturated heterocycles. The van der Waals surface area contributed by atoms with Crippen molar-refractivity contribution in [1.29, 1.82) is 0 Å². The molecule has 0 fully saturated rings. The van der Waals surface area contributed by atoms with Gasteiger partial charge in [-0.1, -0.05) is 43.0 Å². The SMILES string of the molecule is C=CC=CO[P+](=O)OC=Cc1ccccc1. The van der Waals surface area contributed by atoms with E-state index < -0.39 is 8.25 Å². The van der Waals surface area contributed by atoms with Crippen molar-refractivity contribution in [1.82, 2.24) is 0 Å². The van der Waals surface area contributed by atoms with E-state index in [0.717, 1.165) is 5.56 Å². The van der Waals surface area contributed by atoms with Crippen molar-refractivity contribution in [3.05, 3.63) is 67.2 Å². The first-order valence-electron chi connectivity index (χ1n) is 4.63. The monoisotopic (exact) mass is 235 g/mol. The molecular weight excluding hydrogens is 223 g/mol. The van der Waals surface area contributed by atoms with Crippen molar-refractivity contribution in [2.24, 2.45) is 0 Å². The summed E-state index contributed by atoms with van der Waals surface area (Å²) in [5.74, 6) is 0. The highest BCUT2D eigenvalue weighted by Crippen LogP contribution is 2.24. The smallest absolute Gasteiger partial charge is 0.230 e. The molecule has 3 nitrogen and oxygen atoms in total. The topological polar surface area (TPSA) is 35.5 Å². The summed E-state index contributed by atoms with van der Waals surface area (Å²) in [6.45, 7) is 3.44. The van der Waals surface area contributed by atoms with Crippen molar-refractivity contribution in [2.75, 3.05) is 0 Å². The second kappa shape index (κ2) is 7.43. The van der Waals surface area contributed by atoms with Gasteiger partial charge in [-0.2, -0.15) is 0 Å². The Morgan fingerprint density at radius 2 is 1.81 bits per heavy atom. The fraction of sp³-hybridized carbons (Fsp3) is 0. The Bertz CT molecular complexity index is 396. The lowest BCUT2D eigenvalue weighted by molar-refractivity contribution is 0.357. The van der Waals surface area contributed by atoms with Gasteiger partial charge in [0.1, 0.15) is 0 Å². The van der Waals surface area contributed by atoms with Crippen molar-refractivity contribution in [3.8, 4) is 0 Å². The summed E-state index contributed by atoms with van der Waals surface area (Å²) in [5, 5.41) is 0. The van der Waals surface area contributed by atoms with Crippen LogP contribution in [0.5, 0.6) is 0 Å². The van der Waals surface area contributed by atoms with Gasteiger partial charge in [-0.05, 0) is 17.7 Å². The molecule has 1 aromatic rings. The maximum absolute atomic E-state index is 11.1. The number of benzene rings is 1. The largest absolute Gasteiger partial charge is 0.804 e. The van der Waals surface area contributed by atoms with Gasteiger partial charge >= 0.3 is 8.25 Å². The van der Waals surface area contributed by atoms with Crippen molar-refractivity contribution < 1.29 is 13.6 Å². The molecule has 0 aliphatic carbocycles. The third-order valence-electron chi connectivity index (χ3n) is 1.57. The van der Waals surface area contributed by atoms with Gasteiger partial charge in [0.2, 0.25) is 0 Å². The minimum absolute atomic E-state index is 0.965. The van der Waals surface area contributed by atoms with Gasteiger partial charge < -0.3 is 0 Å². The number of hydrogen-bond donors (Lipinski definition) is 0. The maximum atomic E-state index is 11.1. The van der Waals surface area contributed by atoms with Crippen molar-refractivity contribution >= 4 is 14.3 Å². The molecule has 0 bridgehead atoms. The summed E-state index contributed by atoms with van der Waals surface area (Å²) in [4.78, 5) is 0. The number of rotatable bonds is 6. The molecule has 1 unspecified atom stereocenters. The molecule has 16 heavy (non-hydrogen) atoms. The molecule has 0 heterocycles. The van der Waals surface area contributed by atoms with E-state index in [2.05, 4.69) is 6.58 Å². The molecule has 0 spiro atoms. The first kappa shape index (κ1) is 12.2. The van der Waals surface area contributed by atoms with Crippen molar-refractivity contribution in [2.45, 2.75) is 0 Å². The van der Waals surface area contributed by atoms with Gasteiger partial charge in [0.25, 0.3) is 0 Å². The lowest BCUT2D eigenvalue weighted by atomic mass is 10.2. The van der Waals surface area contributed by atoms with Crippen LogP contribution in [0.4, 0.5) is 0 Å². The van der Waals surface area contributed by atoms with E-state index in [1.54, 1.807) is 6.08 Å². The van der Waals surface area contributed by atoms with Gasteiger partial charge in [-0.15, -0.1) is 0 Å². The summed E-state index contributed by atoms with van der Waals surface area (Å²) >= 11 is 0. The first-order valence-corrected chi connectivity index (χ1v) is 5.72. The standard InChI is InChI=1S/C12H12O3P/c1-2-3-10-14-16(13)15-11-9-12-7-5-4-6-8-12/h2-11H,1H2/q+1. The van der Waals surface area contributed by atoms with Crippen LogP contribution in [0.2, 0.25) is 0 Å². The van der Waals surface area contributed by atoms with Gasteiger partial charge in [0, 0.05) is 4.57 Å². The van der Waals surface area contributed by atoms with Gasteiger partial charge in [0.15, 0.2) is 12.5 Å². The Morgan fingerprint density at radius 1 is 1.12 bits per heavy atom. The maximum Gasteiger partial charge on any atom is 0.804 e. The second-order valence-corrected chi connectivity index (χ2v) is 3.58. The van der Waals surface area contributed by atoms with E-state index in [9.17, 15) is 4.57 Å². The molecule has 82 valence electrons. The van der Waals surface area contributed by atoms with Crippen molar-refractivity contribution in [3.63, 3.8) is 0 Å². The highest BCUT2D eigenvalue weighted by molar-refractivity contribution is 7.33. The predicted molar refractivity (Wildman–Crippen MR) is 64.6 cm³/mol. The van der Waals surface area contributed by atoms with Crippen LogP contribution < -0.4 is 0 Å². The Hall–Kier alpha value is -1.86. The van der Waals surface area contributed by atoms with E-state index in [1.807, 2.05) is 30.3 Å². The van der Waals surface area contributed by atoms with Crippen LogP contribution in [-0.4, -0.2) is 0 Å². The van der Waals surface area contributed by atoms with Crippen LogP contribution in [0.3, 0.4) is 0 Å². The second-order valence-electron chi connectivity index (χ2n) is 2.71. The lowest BCUT2D eigenvalue weighted by Gasteiger charge is -1.87. The van der Waals surface area contributed by atoms with Crippen LogP contribution in [0.1, 0.15) is 5.56 Å². The molecule has 0 N–H and O–H groups in total. The van der Waals surface area contributed by atoms with Crippen LogP contribution in [-0.2, 0) is 13.6 Å². The molecule has 4 heteroatoms. The Kier molecular flexibility index (Phi) is 5.67. The van der Waals surface area contributed by atoms with E-state index in [4.69, 9.17) is 9.05 Å². The molecule has 0 aliphatic heterocycles. The molecule has 1 rings (SSSR count). The molecule has 1 atom stereocenters. The highest BCUT2D eigenvalue weighted by Gasteiger charge is 2.16. The fourth-order valence-electron chi connectivity index (χ4n) is 0.888. The van der Waals surface area contributed by atoms with E-state index in [1.165, 1.54) is 24.7 Å². The summed E-state index contributed by atoms with van der Waals surface area (Å²) < 4.78 is 20.6. The van der Waals surface area contributed by atoms with Gasteiger partial charge in [-0.3, -0.25) is 0 Å². The van der Waals surface area contributed by atoms with E-state index in [-0.39, 0.29) is 0 Å². The third kappa shape index (κ3) is 5.13. The zero-order valence-corrected chi connectivity index (χ0v) is 9.55. The minimum Gasteiger partial charge on any atom is -0.230 e. The summed E-state index contributed by atoms with van der Waals surface area (Å²) in [7, 11) is -2.16. The predicted octanol–water partition coefficient (Wildman–Crippen LogP) is 4.05. The van der Waals surface area contributed by atoms with Gasteiger partial charge in [0.05, 0.1) is 0 Å². The molecule has 1 aromatic carbocycles. The molecule has 0 amide bonds. The van der Waals surface area contributed by atoms with E-state index >= 15 is 0 Å². The van der Waals surface area contributed by atoms with Crippen LogP contribution in [0.25, 0.3) is 6.08 Å². The molecular formula is C12H12O3P+. The zero-order valence-electron chi connectivity index (χ0n) is 8.65. The quantitative estimate of drug-likeness (QED) is 0.424. The first-order chi connectivity index (χ1) is 7.83. The van der Waals surface area contributed by atoms with Crippen LogP contribution >= 0.6 is 8.25 Å². The summed E-state index contributed by atoms with van der Waals surface area (Å²) in [5.41, 5.74) is 0.965. The average Bonchev–Trinajstić information content (AvgIpc) is 2.31. The number of allylic oxidation sites excluding steroid dienone is 2. The molecule has 0 saturated carbocycles.